The lowest BCUT2D eigenvalue weighted by molar-refractivity contribution is -0.218. The maximum Gasteiger partial charge on any atom is 0.0618 e. The quantitative estimate of drug-likeness (QED) is 0.415. The molecule has 10 atom stereocenters. The van der Waals surface area contributed by atoms with Crippen molar-refractivity contribution in [1.29, 1.82) is 0 Å². The van der Waals surface area contributed by atoms with Crippen LogP contribution in [0.1, 0.15) is 106 Å². The molecule has 5 aliphatic carbocycles. The van der Waals surface area contributed by atoms with Crippen LogP contribution in [0.3, 0.4) is 0 Å². The molecule has 0 amide bonds. The molecular weight excluding hydrogens is 408 g/mol. The Hall–Kier alpha value is -0.380. The van der Waals surface area contributed by atoms with Gasteiger partial charge < -0.3 is 15.3 Å². The highest BCUT2D eigenvalue weighted by atomic mass is 16.3. The molecule has 3 nitrogen and oxygen atoms in total. The third kappa shape index (κ3) is 2.91. The molecule has 0 radical (unpaired) electrons. The lowest BCUT2D eigenvalue weighted by Crippen LogP contribution is -2.66. The van der Waals surface area contributed by atoms with Crippen molar-refractivity contribution in [3.63, 3.8) is 0 Å². The number of aliphatic hydroxyl groups excluding tert-OH is 3. The zero-order valence-corrected chi connectivity index (χ0v) is 22.4. The number of hydrogen-bond acceptors (Lipinski definition) is 3. The van der Waals surface area contributed by atoms with Crippen molar-refractivity contribution in [3.8, 4) is 0 Å². The molecular formula is C30H50O3. The topological polar surface area (TPSA) is 60.7 Å². The van der Waals surface area contributed by atoms with Gasteiger partial charge in [0.1, 0.15) is 0 Å². The van der Waals surface area contributed by atoms with Gasteiger partial charge in [0.15, 0.2) is 0 Å². The van der Waals surface area contributed by atoms with E-state index in [4.69, 9.17) is 0 Å². The number of allylic oxidation sites excluding steroid dienone is 2. The van der Waals surface area contributed by atoms with Crippen molar-refractivity contribution in [3.05, 3.63) is 11.6 Å². The van der Waals surface area contributed by atoms with Gasteiger partial charge >= 0.3 is 0 Å². The van der Waals surface area contributed by atoms with Crippen LogP contribution in [0.15, 0.2) is 11.6 Å². The van der Waals surface area contributed by atoms with Crippen LogP contribution in [0, 0.1) is 50.2 Å². The van der Waals surface area contributed by atoms with E-state index in [2.05, 4.69) is 54.5 Å². The molecule has 0 aliphatic heterocycles. The third-order valence-corrected chi connectivity index (χ3v) is 13.2. The van der Waals surface area contributed by atoms with E-state index >= 15 is 0 Å². The Bertz CT molecular complexity index is 847. The molecule has 0 heterocycles. The Morgan fingerprint density at radius 1 is 0.788 bits per heavy atom. The minimum absolute atomic E-state index is 0.00950. The summed E-state index contributed by atoms with van der Waals surface area (Å²) in [6, 6.07) is 0. The highest BCUT2D eigenvalue weighted by molar-refractivity contribution is 5.34. The van der Waals surface area contributed by atoms with E-state index in [-0.39, 0.29) is 45.2 Å². The predicted octanol–water partition coefficient (Wildman–Crippen LogP) is 6.11. The van der Waals surface area contributed by atoms with Crippen molar-refractivity contribution >= 4 is 0 Å². The minimum atomic E-state index is -0.392. The summed E-state index contributed by atoms with van der Waals surface area (Å²) in [5.74, 6) is 1.44. The van der Waals surface area contributed by atoms with Gasteiger partial charge in [0.05, 0.1) is 18.8 Å². The van der Waals surface area contributed by atoms with E-state index in [1.54, 1.807) is 5.57 Å². The van der Waals surface area contributed by atoms with Crippen LogP contribution < -0.4 is 0 Å². The van der Waals surface area contributed by atoms with Crippen molar-refractivity contribution in [2.24, 2.45) is 50.2 Å². The van der Waals surface area contributed by atoms with Gasteiger partial charge in [-0.2, -0.15) is 0 Å². The predicted molar refractivity (Wildman–Crippen MR) is 134 cm³/mol. The third-order valence-electron chi connectivity index (χ3n) is 13.2. The zero-order valence-electron chi connectivity index (χ0n) is 22.4. The number of hydrogen-bond donors (Lipinski definition) is 3. The van der Waals surface area contributed by atoms with Crippen LogP contribution in [-0.2, 0) is 0 Å². The summed E-state index contributed by atoms with van der Waals surface area (Å²) < 4.78 is 0. The SMILES string of the molecule is CC1(C)C[C@@H](O)[C@]2(C)CC[C@]3(C)C(=CC[C@@H]4[C@@]5(C)CC[C@H](O)C(C)(CO)C5CC[C@]43C)[C@H]2C1. The van der Waals surface area contributed by atoms with Gasteiger partial charge in [0.2, 0.25) is 0 Å². The molecule has 2 unspecified atom stereocenters. The van der Waals surface area contributed by atoms with Gasteiger partial charge in [0.25, 0.3) is 0 Å². The lowest BCUT2D eigenvalue weighted by Gasteiger charge is -2.71. The lowest BCUT2D eigenvalue weighted by atomic mass is 9.33. The van der Waals surface area contributed by atoms with Gasteiger partial charge in [-0.3, -0.25) is 0 Å². The Morgan fingerprint density at radius 3 is 2.15 bits per heavy atom. The summed E-state index contributed by atoms with van der Waals surface area (Å²) in [6.45, 7) is 17.0. The van der Waals surface area contributed by atoms with Crippen LogP contribution >= 0.6 is 0 Å². The summed E-state index contributed by atoms with van der Waals surface area (Å²) in [5.41, 5.74) is 2.04. The number of fused-ring (bicyclic) bond motifs is 7. The van der Waals surface area contributed by atoms with Crippen LogP contribution in [0.5, 0.6) is 0 Å². The maximum absolute atomic E-state index is 11.3. The molecule has 188 valence electrons. The summed E-state index contributed by atoms with van der Waals surface area (Å²) in [5, 5.41) is 32.6. The summed E-state index contributed by atoms with van der Waals surface area (Å²) in [6.07, 6.45) is 11.7. The second-order valence-electron chi connectivity index (χ2n) is 15.2. The van der Waals surface area contributed by atoms with E-state index < -0.39 is 6.10 Å². The van der Waals surface area contributed by atoms with Gasteiger partial charge in [-0.05, 0) is 97.2 Å². The van der Waals surface area contributed by atoms with Crippen LogP contribution in [0.25, 0.3) is 0 Å². The minimum Gasteiger partial charge on any atom is -0.396 e. The van der Waals surface area contributed by atoms with Gasteiger partial charge in [-0.25, -0.2) is 0 Å². The number of aliphatic hydroxyl groups is 3. The highest BCUT2D eigenvalue weighted by Crippen LogP contribution is 2.75. The monoisotopic (exact) mass is 458 g/mol. The zero-order chi connectivity index (χ0) is 24.2. The molecule has 0 aromatic rings. The molecule has 3 N–H and O–H groups in total. The second kappa shape index (κ2) is 7.10. The molecule has 0 aromatic heterocycles. The van der Waals surface area contributed by atoms with Gasteiger partial charge in [0, 0.05) is 10.8 Å². The maximum atomic E-state index is 11.3. The first-order valence-electron chi connectivity index (χ1n) is 13.9. The van der Waals surface area contributed by atoms with Crippen molar-refractivity contribution in [2.75, 3.05) is 6.61 Å². The van der Waals surface area contributed by atoms with Crippen molar-refractivity contribution < 1.29 is 15.3 Å². The Labute approximate surface area is 202 Å². The normalized spacial score (nSPS) is 57.8. The van der Waals surface area contributed by atoms with E-state index in [0.717, 1.165) is 38.5 Å². The Morgan fingerprint density at radius 2 is 1.48 bits per heavy atom. The first-order chi connectivity index (χ1) is 15.2. The summed E-state index contributed by atoms with van der Waals surface area (Å²) in [4.78, 5) is 0. The summed E-state index contributed by atoms with van der Waals surface area (Å²) in [7, 11) is 0. The molecule has 0 saturated heterocycles. The van der Waals surface area contributed by atoms with Crippen molar-refractivity contribution in [2.45, 2.75) is 118 Å². The molecule has 5 rings (SSSR count). The second-order valence-corrected chi connectivity index (χ2v) is 15.2. The van der Waals surface area contributed by atoms with E-state index in [1.807, 2.05) is 0 Å². The first-order valence-corrected chi connectivity index (χ1v) is 13.9. The molecule has 0 bridgehead atoms. The fraction of sp³-hybridized carbons (Fsp3) is 0.933. The average molecular weight is 459 g/mol. The molecule has 3 heteroatoms. The molecule has 4 fully saturated rings. The molecule has 33 heavy (non-hydrogen) atoms. The molecule has 4 saturated carbocycles. The largest absolute Gasteiger partial charge is 0.396 e. The van der Waals surface area contributed by atoms with Crippen LogP contribution in [0.2, 0.25) is 0 Å². The molecule has 0 spiro atoms. The van der Waals surface area contributed by atoms with Crippen LogP contribution in [-0.4, -0.2) is 34.1 Å². The highest BCUT2D eigenvalue weighted by Gasteiger charge is 2.69. The first kappa shape index (κ1) is 24.3. The van der Waals surface area contributed by atoms with E-state index in [0.29, 0.717) is 17.8 Å². The fourth-order valence-corrected chi connectivity index (χ4v) is 10.7. The average Bonchev–Trinajstić information content (AvgIpc) is 2.73. The van der Waals surface area contributed by atoms with Gasteiger partial charge in [-0.1, -0.05) is 60.1 Å². The molecule has 0 aromatic carbocycles. The van der Waals surface area contributed by atoms with E-state index in [9.17, 15) is 15.3 Å². The van der Waals surface area contributed by atoms with E-state index in [1.165, 1.54) is 19.3 Å². The van der Waals surface area contributed by atoms with Crippen molar-refractivity contribution in [1.82, 2.24) is 0 Å². The molecule has 5 aliphatic rings. The standard InChI is InChI=1S/C30H50O3/c1-25(2)16-20-19-8-9-22-27(4)12-11-23(32)28(5,18-31)21(27)10-13-30(22,7)29(19,6)15-14-26(20,3)24(33)17-25/h8,20-24,31-33H,9-18H2,1-7H3/t20-,21?,22-,23+,24-,26-,27+,28?,29-,30-/m1/s1. The Kier molecular flexibility index (Phi) is 5.23. The smallest absolute Gasteiger partial charge is 0.0618 e. The van der Waals surface area contributed by atoms with Gasteiger partial charge in [-0.15, -0.1) is 0 Å². The Balaban J connectivity index is 1.58. The summed E-state index contributed by atoms with van der Waals surface area (Å²) >= 11 is 0. The fourth-order valence-electron chi connectivity index (χ4n) is 10.7. The van der Waals surface area contributed by atoms with Crippen LogP contribution in [0.4, 0.5) is 0 Å². The number of rotatable bonds is 1.